The first-order chi connectivity index (χ1) is 14.0. The molecule has 4 N–H and O–H groups in total. The first kappa shape index (κ1) is 23.4. The Kier molecular flexibility index (Phi) is 10.2. The number of aryl methyl sites for hydroxylation is 1. The molecule has 0 radical (unpaired) electrons. The van der Waals surface area contributed by atoms with E-state index in [4.69, 9.17) is 5.11 Å². The third-order valence-corrected chi connectivity index (χ3v) is 6.08. The Morgan fingerprint density at radius 1 is 1.07 bits per heavy atom. The third kappa shape index (κ3) is 8.15. The molecule has 2 rings (SSSR count). The molecular weight excluding hydrogens is 370 g/mol. The van der Waals surface area contributed by atoms with E-state index in [0.29, 0.717) is 37.8 Å². The maximum atomic E-state index is 10.6. The van der Waals surface area contributed by atoms with Gasteiger partial charge in [-0.1, -0.05) is 54.8 Å². The van der Waals surface area contributed by atoms with Crippen LogP contribution in [0.2, 0.25) is 0 Å². The van der Waals surface area contributed by atoms with Gasteiger partial charge in [0.15, 0.2) is 0 Å². The van der Waals surface area contributed by atoms with E-state index in [9.17, 15) is 20.2 Å². The van der Waals surface area contributed by atoms with Gasteiger partial charge in [0.2, 0.25) is 0 Å². The molecule has 0 saturated heterocycles. The number of aliphatic hydroxyl groups is 2. The predicted molar refractivity (Wildman–Crippen MR) is 112 cm³/mol. The zero-order chi connectivity index (χ0) is 21.1. The molecular formula is C23H35NO5. The SMILES string of the molecule is O=C(O)CCCCCCC1C(O)C/C(=N\O)C1CCC(O)CCc1ccccc1. The molecule has 6 nitrogen and oxygen atoms in total. The van der Waals surface area contributed by atoms with E-state index < -0.39 is 18.2 Å². The Bertz CT molecular complexity index is 633. The maximum absolute atomic E-state index is 10.6. The molecule has 0 aromatic heterocycles. The van der Waals surface area contributed by atoms with Crippen molar-refractivity contribution in [1.29, 1.82) is 0 Å². The van der Waals surface area contributed by atoms with Crippen LogP contribution in [0.3, 0.4) is 0 Å². The van der Waals surface area contributed by atoms with Gasteiger partial charge in [0, 0.05) is 18.8 Å². The molecule has 0 amide bonds. The maximum Gasteiger partial charge on any atom is 0.303 e. The predicted octanol–water partition coefficient (Wildman–Crippen LogP) is 4.01. The lowest BCUT2D eigenvalue weighted by molar-refractivity contribution is -0.137. The number of unbranched alkanes of at least 4 members (excludes halogenated alkanes) is 3. The topological polar surface area (TPSA) is 110 Å². The Morgan fingerprint density at radius 3 is 2.48 bits per heavy atom. The number of oxime groups is 1. The number of carbonyl (C=O) groups is 1. The number of nitrogens with zero attached hydrogens (tertiary/aromatic N) is 1. The van der Waals surface area contributed by atoms with Crippen LogP contribution in [0.1, 0.15) is 69.8 Å². The molecule has 162 valence electrons. The van der Waals surface area contributed by atoms with Gasteiger partial charge < -0.3 is 20.5 Å². The summed E-state index contributed by atoms with van der Waals surface area (Å²) < 4.78 is 0. The number of carboxylic acid groups (broad SMARTS) is 1. The molecule has 1 aromatic carbocycles. The van der Waals surface area contributed by atoms with Gasteiger partial charge in [-0.15, -0.1) is 0 Å². The molecule has 0 heterocycles. The van der Waals surface area contributed by atoms with E-state index in [-0.39, 0.29) is 18.3 Å². The summed E-state index contributed by atoms with van der Waals surface area (Å²) in [5.41, 5.74) is 1.85. The molecule has 1 fully saturated rings. The summed E-state index contributed by atoms with van der Waals surface area (Å²) in [6.45, 7) is 0. The first-order valence-corrected chi connectivity index (χ1v) is 10.8. The lowest BCUT2D eigenvalue weighted by atomic mass is 9.84. The van der Waals surface area contributed by atoms with Crippen molar-refractivity contribution < 1.29 is 25.3 Å². The molecule has 0 bridgehead atoms. The molecule has 0 aliphatic heterocycles. The molecule has 4 unspecified atom stereocenters. The van der Waals surface area contributed by atoms with Crippen molar-refractivity contribution in [2.75, 3.05) is 0 Å². The Balaban J connectivity index is 1.76. The molecule has 6 heteroatoms. The van der Waals surface area contributed by atoms with E-state index in [1.54, 1.807) is 0 Å². The second-order valence-electron chi connectivity index (χ2n) is 8.24. The quantitative estimate of drug-likeness (QED) is 0.225. The monoisotopic (exact) mass is 405 g/mol. The second kappa shape index (κ2) is 12.6. The minimum absolute atomic E-state index is 0.000366. The summed E-state index contributed by atoms with van der Waals surface area (Å²) >= 11 is 0. The molecule has 1 aromatic rings. The molecule has 29 heavy (non-hydrogen) atoms. The largest absolute Gasteiger partial charge is 0.481 e. The van der Waals surface area contributed by atoms with Gasteiger partial charge in [0.1, 0.15) is 0 Å². The highest BCUT2D eigenvalue weighted by atomic mass is 16.4. The van der Waals surface area contributed by atoms with Crippen molar-refractivity contribution in [2.45, 2.75) is 82.8 Å². The van der Waals surface area contributed by atoms with Crippen molar-refractivity contribution in [3.63, 3.8) is 0 Å². The van der Waals surface area contributed by atoms with E-state index in [2.05, 4.69) is 17.3 Å². The van der Waals surface area contributed by atoms with Crippen molar-refractivity contribution >= 4 is 11.7 Å². The summed E-state index contributed by atoms with van der Waals surface area (Å²) in [4.78, 5) is 10.6. The molecule has 0 spiro atoms. The Morgan fingerprint density at radius 2 is 1.79 bits per heavy atom. The number of hydrogen-bond donors (Lipinski definition) is 4. The average Bonchev–Trinajstić information content (AvgIpc) is 3.02. The van der Waals surface area contributed by atoms with Gasteiger partial charge in [-0.3, -0.25) is 4.79 Å². The summed E-state index contributed by atoms with van der Waals surface area (Å²) in [7, 11) is 0. The lowest BCUT2D eigenvalue weighted by Crippen LogP contribution is -2.22. The molecule has 1 aliphatic carbocycles. The van der Waals surface area contributed by atoms with Crippen LogP contribution in [0.25, 0.3) is 0 Å². The van der Waals surface area contributed by atoms with Crippen molar-refractivity contribution in [1.82, 2.24) is 0 Å². The zero-order valence-corrected chi connectivity index (χ0v) is 17.1. The van der Waals surface area contributed by atoms with E-state index in [0.717, 1.165) is 32.1 Å². The lowest BCUT2D eigenvalue weighted by Gasteiger charge is -2.23. The highest BCUT2D eigenvalue weighted by Crippen LogP contribution is 2.37. The van der Waals surface area contributed by atoms with Gasteiger partial charge in [0.25, 0.3) is 0 Å². The number of rotatable bonds is 13. The zero-order valence-electron chi connectivity index (χ0n) is 17.1. The van der Waals surface area contributed by atoms with Crippen LogP contribution in [-0.4, -0.2) is 44.4 Å². The van der Waals surface area contributed by atoms with Crippen LogP contribution < -0.4 is 0 Å². The van der Waals surface area contributed by atoms with E-state index in [1.807, 2.05) is 18.2 Å². The standard InChI is InChI=1S/C23H35NO5/c25-18(13-12-17-8-4-3-5-9-17)14-15-19-20(22(26)16-21(19)24-29)10-6-1-2-7-11-23(27)28/h3-5,8-9,18-20,22,25-26,29H,1-2,6-7,10-16H2,(H,27,28)/b24-21+. The van der Waals surface area contributed by atoms with Crippen LogP contribution in [0.15, 0.2) is 35.5 Å². The molecule has 4 atom stereocenters. The number of aliphatic hydroxyl groups excluding tert-OH is 2. The summed E-state index contributed by atoms with van der Waals surface area (Å²) in [6.07, 6.45) is 6.78. The molecule has 1 saturated carbocycles. The van der Waals surface area contributed by atoms with Gasteiger partial charge >= 0.3 is 5.97 Å². The average molecular weight is 406 g/mol. The first-order valence-electron chi connectivity index (χ1n) is 10.8. The summed E-state index contributed by atoms with van der Waals surface area (Å²) in [5, 5.41) is 42.3. The number of aliphatic carboxylic acids is 1. The van der Waals surface area contributed by atoms with Crippen LogP contribution in [0.5, 0.6) is 0 Å². The fourth-order valence-electron chi connectivity index (χ4n) is 4.43. The number of hydrogen-bond acceptors (Lipinski definition) is 5. The van der Waals surface area contributed by atoms with E-state index in [1.165, 1.54) is 5.56 Å². The second-order valence-corrected chi connectivity index (χ2v) is 8.24. The van der Waals surface area contributed by atoms with Gasteiger partial charge in [0.05, 0.1) is 17.9 Å². The van der Waals surface area contributed by atoms with Crippen molar-refractivity contribution in [3.8, 4) is 0 Å². The van der Waals surface area contributed by atoms with Gasteiger partial charge in [-0.05, 0) is 50.0 Å². The minimum atomic E-state index is -0.758. The highest BCUT2D eigenvalue weighted by Gasteiger charge is 2.39. The number of benzene rings is 1. The summed E-state index contributed by atoms with van der Waals surface area (Å²) in [6, 6.07) is 10.1. The van der Waals surface area contributed by atoms with E-state index >= 15 is 0 Å². The Labute approximate surface area is 173 Å². The van der Waals surface area contributed by atoms with Crippen LogP contribution >= 0.6 is 0 Å². The van der Waals surface area contributed by atoms with Crippen LogP contribution in [-0.2, 0) is 11.2 Å². The fourth-order valence-corrected chi connectivity index (χ4v) is 4.43. The number of carboxylic acids is 1. The highest BCUT2D eigenvalue weighted by molar-refractivity contribution is 5.89. The summed E-state index contributed by atoms with van der Waals surface area (Å²) in [5.74, 6) is -0.715. The Hall–Kier alpha value is -1.92. The van der Waals surface area contributed by atoms with Crippen molar-refractivity contribution in [2.24, 2.45) is 17.0 Å². The van der Waals surface area contributed by atoms with Crippen molar-refractivity contribution in [3.05, 3.63) is 35.9 Å². The van der Waals surface area contributed by atoms with Crippen LogP contribution in [0.4, 0.5) is 0 Å². The smallest absolute Gasteiger partial charge is 0.303 e. The van der Waals surface area contributed by atoms with Crippen LogP contribution in [0, 0.1) is 11.8 Å². The van der Waals surface area contributed by atoms with Gasteiger partial charge in [-0.25, -0.2) is 0 Å². The molecule has 1 aliphatic rings. The minimum Gasteiger partial charge on any atom is -0.481 e. The normalized spacial score (nSPS) is 24.1. The van der Waals surface area contributed by atoms with Gasteiger partial charge in [-0.2, -0.15) is 0 Å². The third-order valence-electron chi connectivity index (χ3n) is 6.08. The fraction of sp³-hybridized carbons (Fsp3) is 0.652.